The molecule has 0 spiro atoms. The molecule has 5 rings (SSSR count). The number of nitrogens with one attached hydrogen (secondary N) is 1. The molecule has 180 valence electrons. The molecule has 0 saturated carbocycles. The van der Waals surface area contributed by atoms with Gasteiger partial charge >= 0.3 is 0 Å². The standard InChI is InChI=1S/C29H36N2O3/c32-27(20-34-28-8-4-3-7-25(28)18-26-11-14-30-29(26)33)19-31-15-12-22(13-16-31)24-10-9-21-5-1-2-6-23(21)17-24/h3-4,7-10,17-18,22,27,32H,1-2,5-6,11-16,19-20H2,(H,30,33)/b26-18-/t27-/m0/s1. The number of hydrogen-bond acceptors (Lipinski definition) is 4. The number of para-hydroxylation sites is 1. The molecule has 3 aliphatic rings. The second-order valence-electron chi connectivity index (χ2n) is 9.99. The summed E-state index contributed by atoms with van der Waals surface area (Å²) in [5.41, 5.74) is 6.29. The number of β-amino-alcohol motifs (C(OH)–C–C–N with tert-alkyl or cyclic N) is 1. The molecule has 2 N–H and O–H groups in total. The van der Waals surface area contributed by atoms with Crippen molar-refractivity contribution >= 4 is 12.0 Å². The average Bonchev–Trinajstić information content (AvgIpc) is 3.28. The molecule has 1 amide bonds. The van der Waals surface area contributed by atoms with E-state index in [0.717, 1.165) is 43.5 Å². The smallest absolute Gasteiger partial charge is 0.247 e. The lowest BCUT2D eigenvalue weighted by atomic mass is 9.84. The fourth-order valence-electron chi connectivity index (χ4n) is 5.59. The van der Waals surface area contributed by atoms with Crippen molar-refractivity contribution in [3.05, 3.63) is 70.3 Å². The third-order valence-corrected chi connectivity index (χ3v) is 7.55. The van der Waals surface area contributed by atoms with Crippen LogP contribution in [-0.2, 0) is 17.6 Å². The molecule has 0 unspecified atom stereocenters. The molecular formula is C29H36N2O3. The van der Waals surface area contributed by atoms with Crippen LogP contribution in [0.25, 0.3) is 6.08 Å². The Morgan fingerprint density at radius 2 is 1.85 bits per heavy atom. The Labute approximate surface area is 202 Å². The highest BCUT2D eigenvalue weighted by Gasteiger charge is 2.23. The maximum Gasteiger partial charge on any atom is 0.247 e. The number of ether oxygens (including phenoxy) is 1. The second kappa shape index (κ2) is 10.7. The first-order valence-corrected chi connectivity index (χ1v) is 12.9. The van der Waals surface area contributed by atoms with Gasteiger partial charge < -0.3 is 20.1 Å². The van der Waals surface area contributed by atoms with E-state index >= 15 is 0 Å². The zero-order valence-electron chi connectivity index (χ0n) is 20.0. The molecule has 2 aromatic rings. The molecule has 2 aliphatic heterocycles. The van der Waals surface area contributed by atoms with E-state index in [1.807, 2.05) is 30.3 Å². The molecule has 0 radical (unpaired) electrons. The van der Waals surface area contributed by atoms with E-state index in [1.54, 1.807) is 11.1 Å². The number of benzene rings is 2. The normalized spacial score (nSPS) is 21.3. The number of carbonyl (C=O) groups excluding carboxylic acids is 1. The highest BCUT2D eigenvalue weighted by atomic mass is 16.5. The van der Waals surface area contributed by atoms with Crippen LogP contribution >= 0.6 is 0 Å². The maximum absolute atomic E-state index is 11.9. The van der Waals surface area contributed by atoms with E-state index in [1.165, 1.54) is 31.2 Å². The van der Waals surface area contributed by atoms with Crippen molar-refractivity contribution < 1.29 is 14.6 Å². The fraction of sp³-hybridized carbons (Fsp3) is 0.483. The number of fused-ring (bicyclic) bond motifs is 1. The van der Waals surface area contributed by atoms with Gasteiger partial charge in [-0.3, -0.25) is 4.79 Å². The van der Waals surface area contributed by atoms with Gasteiger partial charge in [-0.15, -0.1) is 0 Å². The molecule has 5 nitrogen and oxygen atoms in total. The number of hydrogen-bond donors (Lipinski definition) is 2. The first-order chi connectivity index (χ1) is 16.7. The highest BCUT2D eigenvalue weighted by molar-refractivity contribution is 6.00. The van der Waals surface area contributed by atoms with Gasteiger partial charge in [-0.05, 0) is 92.8 Å². The van der Waals surface area contributed by atoms with Crippen molar-refractivity contribution in [2.75, 3.05) is 32.8 Å². The number of carbonyl (C=O) groups is 1. The van der Waals surface area contributed by atoms with Gasteiger partial charge in [-0.1, -0.05) is 36.4 Å². The van der Waals surface area contributed by atoms with Gasteiger partial charge in [0.15, 0.2) is 0 Å². The number of amides is 1. The number of nitrogens with zero attached hydrogens (tertiary/aromatic N) is 1. The number of piperidine rings is 1. The Hall–Kier alpha value is -2.63. The van der Waals surface area contributed by atoms with Gasteiger partial charge in [0.1, 0.15) is 18.5 Å². The summed E-state index contributed by atoms with van der Waals surface area (Å²) in [5, 5.41) is 13.5. The molecule has 34 heavy (non-hydrogen) atoms. The predicted octanol–water partition coefficient (Wildman–Crippen LogP) is 4.09. The lowest BCUT2D eigenvalue weighted by Gasteiger charge is -2.33. The van der Waals surface area contributed by atoms with Gasteiger partial charge in [0.05, 0.1) is 0 Å². The number of rotatable bonds is 7. The minimum absolute atomic E-state index is 0.00590. The summed E-state index contributed by atoms with van der Waals surface area (Å²) in [4.78, 5) is 14.2. The zero-order valence-corrected chi connectivity index (χ0v) is 20.0. The van der Waals surface area contributed by atoms with Crippen LogP contribution in [0, 0.1) is 0 Å². The summed E-state index contributed by atoms with van der Waals surface area (Å²) in [6.45, 7) is 3.59. The van der Waals surface area contributed by atoms with Gasteiger partial charge in [0, 0.05) is 24.2 Å². The third-order valence-electron chi connectivity index (χ3n) is 7.55. The highest BCUT2D eigenvalue weighted by Crippen LogP contribution is 2.31. The Morgan fingerprint density at radius 3 is 2.65 bits per heavy atom. The SMILES string of the molecule is O=C1NCC/C1=C/c1ccccc1OC[C@@H](O)CN1CCC(c2ccc3c(c2)CCCC3)CC1. The Kier molecular flexibility index (Phi) is 7.31. The van der Waals surface area contributed by atoms with Gasteiger partial charge in [0.25, 0.3) is 0 Å². The van der Waals surface area contributed by atoms with E-state index < -0.39 is 6.10 Å². The molecule has 2 aromatic carbocycles. The Morgan fingerprint density at radius 1 is 1.06 bits per heavy atom. The molecule has 0 bridgehead atoms. The number of likely N-dealkylation sites (tertiary alicyclic amines) is 1. The summed E-state index contributed by atoms with van der Waals surface area (Å²) >= 11 is 0. The van der Waals surface area contributed by atoms with Crippen LogP contribution < -0.4 is 10.1 Å². The largest absolute Gasteiger partial charge is 0.490 e. The lowest BCUT2D eigenvalue weighted by molar-refractivity contribution is -0.116. The van der Waals surface area contributed by atoms with Crippen molar-refractivity contribution in [2.24, 2.45) is 0 Å². The summed E-state index contributed by atoms with van der Waals surface area (Å²) < 4.78 is 5.98. The average molecular weight is 461 g/mol. The molecule has 2 heterocycles. The van der Waals surface area contributed by atoms with Crippen LogP contribution in [0.3, 0.4) is 0 Å². The Bertz CT molecular complexity index is 1040. The van der Waals surface area contributed by atoms with Crippen LogP contribution in [-0.4, -0.2) is 54.8 Å². The van der Waals surface area contributed by atoms with E-state index in [0.29, 0.717) is 24.8 Å². The van der Waals surface area contributed by atoms with E-state index in [2.05, 4.69) is 28.4 Å². The first-order valence-electron chi connectivity index (χ1n) is 12.9. The minimum atomic E-state index is -0.546. The fourth-order valence-corrected chi connectivity index (χ4v) is 5.59. The zero-order chi connectivity index (χ0) is 23.3. The van der Waals surface area contributed by atoms with Crippen LogP contribution in [0.2, 0.25) is 0 Å². The Balaban J connectivity index is 1.11. The van der Waals surface area contributed by atoms with Crippen molar-refractivity contribution in [2.45, 2.75) is 57.0 Å². The van der Waals surface area contributed by atoms with E-state index in [4.69, 9.17) is 4.74 Å². The van der Waals surface area contributed by atoms with Gasteiger partial charge in [0.2, 0.25) is 5.91 Å². The van der Waals surface area contributed by atoms with Crippen molar-refractivity contribution in [1.82, 2.24) is 10.2 Å². The molecule has 1 atom stereocenters. The number of aliphatic hydroxyl groups is 1. The van der Waals surface area contributed by atoms with Crippen LogP contribution in [0.5, 0.6) is 5.75 Å². The van der Waals surface area contributed by atoms with Crippen LogP contribution in [0.15, 0.2) is 48.0 Å². The lowest BCUT2D eigenvalue weighted by Crippen LogP contribution is -2.40. The van der Waals surface area contributed by atoms with Crippen LogP contribution in [0.4, 0.5) is 0 Å². The second-order valence-corrected chi connectivity index (χ2v) is 9.99. The molecule has 2 fully saturated rings. The molecule has 1 aliphatic carbocycles. The third kappa shape index (κ3) is 5.53. The number of aryl methyl sites for hydroxylation is 2. The minimum Gasteiger partial charge on any atom is -0.490 e. The van der Waals surface area contributed by atoms with Gasteiger partial charge in [-0.2, -0.15) is 0 Å². The van der Waals surface area contributed by atoms with E-state index in [-0.39, 0.29) is 12.5 Å². The predicted molar refractivity (Wildman–Crippen MR) is 135 cm³/mol. The van der Waals surface area contributed by atoms with Crippen molar-refractivity contribution in [3.8, 4) is 5.75 Å². The van der Waals surface area contributed by atoms with Crippen LogP contribution in [0.1, 0.15) is 60.3 Å². The molecular weight excluding hydrogens is 424 g/mol. The first kappa shape index (κ1) is 23.1. The summed E-state index contributed by atoms with van der Waals surface area (Å²) in [6.07, 6.45) is 9.51. The monoisotopic (exact) mass is 460 g/mol. The molecule has 5 heteroatoms. The van der Waals surface area contributed by atoms with Crippen molar-refractivity contribution in [1.29, 1.82) is 0 Å². The molecule has 0 aromatic heterocycles. The summed E-state index contributed by atoms with van der Waals surface area (Å²) in [5.74, 6) is 1.33. The quantitative estimate of drug-likeness (QED) is 0.611. The molecule has 2 saturated heterocycles. The summed E-state index contributed by atoms with van der Waals surface area (Å²) in [6, 6.07) is 14.9. The number of aliphatic hydroxyl groups excluding tert-OH is 1. The maximum atomic E-state index is 11.9. The summed E-state index contributed by atoms with van der Waals surface area (Å²) in [7, 11) is 0. The topological polar surface area (TPSA) is 61.8 Å². The van der Waals surface area contributed by atoms with E-state index in [9.17, 15) is 9.90 Å². The van der Waals surface area contributed by atoms with Crippen molar-refractivity contribution in [3.63, 3.8) is 0 Å². The van der Waals surface area contributed by atoms with Gasteiger partial charge in [-0.25, -0.2) is 0 Å².